The van der Waals surface area contributed by atoms with Gasteiger partial charge in [0.15, 0.2) is 0 Å². The third kappa shape index (κ3) is 4.40. The lowest BCUT2D eigenvalue weighted by Gasteiger charge is -2.17. The molecule has 0 saturated carbocycles. The Kier molecular flexibility index (Phi) is 5.86. The van der Waals surface area contributed by atoms with Gasteiger partial charge in [0.05, 0.1) is 6.61 Å². The van der Waals surface area contributed by atoms with Gasteiger partial charge in [0, 0.05) is 26.8 Å². The molecule has 0 atom stereocenters. The van der Waals surface area contributed by atoms with Gasteiger partial charge >= 0.3 is 0 Å². The largest absolute Gasteiger partial charge is 0.494 e. The second kappa shape index (κ2) is 7.71. The number of amides is 1. The van der Waals surface area contributed by atoms with Gasteiger partial charge in [0.1, 0.15) is 16.3 Å². The minimum atomic E-state index is -3.58. The summed E-state index contributed by atoms with van der Waals surface area (Å²) in [7, 11) is 1.08. The maximum Gasteiger partial charge on any atom is 0.270 e. The van der Waals surface area contributed by atoms with Crippen LogP contribution >= 0.6 is 0 Å². The molecule has 1 amide bonds. The van der Waals surface area contributed by atoms with Gasteiger partial charge in [0.2, 0.25) is 10.0 Å². The van der Waals surface area contributed by atoms with Crippen molar-refractivity contribution in [2.45, 2.75) is 18.4 Å². The molecular weight excluding hydrogens is 342 g/mol. The molecule has 1 aromatic heterocycles. The molecule has 136 valence electrons. The number of carbonyl (C=O) groups excluding carboxylic acids is 1. The van der Waals surface area contributed by atoms with E-state index < -0.39 is 10.0 Å². The molecule has 0 aliphatic heterocycles. The molecule has 7 nitrogen and oxygen atoms in total. The summed E-state index contributed by atoms with van der Waals surface area (Å²) in [5, 5.41) is 0. The lowest BCUT2D eigenvalue weighted by Crippen LogP contribution is -2.27. The van der Waals surface area contributed by atoms with Gasteiger partial charge < -0.3 is 14.2 Å². The molecule has 8 heteroatoms. The first-order chi connectivity index (χ1) is 11.8. The fraction of sp³-hybridized carbons (Fsp3) is 0.353. The average Bonchev–Trinajstić information content (AvgIpc) is 2.98. The summed E-state index contributed by atoms with van der Waals surface area (Å²) in [5.41, 5.74) is 1.26. The number of carbonyl (C=O) groups is 1. The lowest BCUT2D eigenvalue weighted by atomic mass is 10.2. The van der Waals surface area contributed by atoms with Crippen molar-refractivity contribution in [1.82, 2.24) is 14.2 Å². The van der Waals surface area contributed by atoms with Gasteiger partial charge in [-0.15, -0.1) is 0 Å². The maximum absolute atomic E-state index is 12.6. The number of nitrogens with one attached hydrogen (secondary N) is 1. The highest BCUT2D eigenvalue weighted by atomic mass is 32.2. The average molecular weight is 365 g/mol. The summed E-state index contributed by atoms with van der Waals surface area (Å²) >= 11 is 0. The van der Waals surface area contributed by atoms with Gasteiger partial charge in [0.25, 0.3) is 5.91 Å². The van der Waals surface area contributed by atoms with E-state index in [0.717, 1.165) is 11.3 Å². The molecule has 0 fully saturated rings. The van der Waals surface area contributed by atoms with Crippen LogP contribution in [-0.4, -0.2) is 44.5 Å². The molecule has 2 aromatic rings. The first-order valence-electron chi connectivity index (χ1n) is 7.85. The monoisotopic (exact) mass is 365 g/mol. The second-order valence-electron chi connectivity index (χ2n) is 5.62. The number of aryl methyl sites for hydroxylation is 1. The SMILES string of the molecule is CCOc1ccc(CN(C)C(=O)c2cc(S(=O)(=O)NC)cn2C)cc1. The lowest BCUT2D eigenvalue weighted by molar-refractivity contribution is 0.0775. The van der Waals surface area contributed by atoms with E-state index in [1.54, 1.807) is 19.0 Å². The Hall–Kier alpha value is -2.32. The molecule has 0 radical (unpaired) electrons. The van der Waals surface area contributed by atoms with Crippen molar-refractivity contribution in [3.8, 4) is 5.75 Å². The van der Waals surface area contributed by atoms with Crippen LogP contribution in [0.3, 0.4) is 0 Å². The Labute approximate surface area is 148 Å². The van der Waals surface area contributed by atoms with Gasteiger partial charge in [-0.05, 0) is 37.7 Å². The molecule has 0 aliphatic rings. The smallest absolute Gasteiger partial charge is 0.270 e. The van der Waals surface area contributed by atoms with Crippen molar-refractivity contribution in [2.75, 3.05) is 20.7 Å². The molecule has 25 heavy (non-hydrogen) atoms. The molecule has 2 rings (SSSR count). The Bertz CT molecular complexity index is 841. The van der Waals surface area contributed by atoms with Crippen LogP contribution in [0.4, 0.5) is 0 Å². The van der Waals surface area contributed by atoms with E-state index in [-0.39, 0.29) is 10.8 Å². The molecule has 0 unspecified atom stereocenters. The zero-order valence-electron chi connectivity index (χ0n) is 14.8. The van der Waals surface area contributed by atoms with E-state index in [1.807, 2.05) is 31.2 Å². The summed E-state index contributed by atoms with van der Waals surface area (Å²) < 4.78 is 32.9. The third-order valence-corrected chi connectivity index (χ3v) is 5.16. The molecular formula is C17H23N3O4S. The molecule has 1 N–H and O–H groups in total. The van der Waals surface area contributed by atoms with E-state index >= 15 is 0 Å². The molecule has 0 aliphatic carbocycles. The highest BCUT2D eigenvalue weighted by molar-refractivity contribution is 7.89. The zero-order valence-corrected chi connectivity index (χ0v) is 15.6. The number of benzene rings is 1. The van der Waals surface area contributed by atoms with Crippen LogP contribution in [0.2, 0.25) is 0 Å². The summed E-state index contributed by atoms with van der Waals surface area (Å²) in [6, 6.07) is 8.89. The molecule has 0 saturated heterocycles. The number of hydrogen-bond acceptors (Lipinski definition) is 4. The fourth-order valence-electron chi connectivity index (χ4n) is 2.41. The van der Waals surface area contributed by atoms with Crippen LogP contribution in [0.15, 0.2) is 41.4 Å². The Morgan fingerprint density at radius 3 is 2.48 bits per heavy atom. The minimum Gasteiger partial charge on any atom is -0.494 e. The number of ether oxygens (including phenoxy) is 1. The van der Waals surface area contributed by atoms with Crippen LogP contribution < -0.4 is 9.46 Å². The summed E-state index contributed by atoms with van der Waals surface area (Å²) in [4.78, 5) is 14.2. The van der Waals surface area contributed by atoms with Crippen molar-refractivity contribution in [3.05, 3.63) is 47.8 Å². The van der Waals surface area contributed by atoms with Crippen LogP contribution in [0, 0.1) is 0 Å². The number of rotatable bonds is 7. The molecule has 0 spiro atoms. The second-order valence-corrected chi connectivity index (χ2v) is 7.50. The number of sulfonamides is 1. The van der Waals surface area contributed by atoms with Crippen molar-refractivity contribution >= 4 is 15.9 Å². The predicted molar refractivity (Wildman–Crippen MR) is 95.1 cm³/mol. The van der Waals surface area contributed by atoms with E-state index in [9.17, 15) is 13.2 Å². The first-order valence-corrected chi connectivity index (χ1v) is 9.34. The number of hydrogen-bond donors (Lipinski definition) is 1. The molecule has 1 aromatic carbocycles. The van der Waals surface area contributed by atoms with Gasteiger partial charge in [-0.1, -0.05) is 12.1 Å². The zero-order chi connectivity index (χ0) is 18.6. The number of nitrogens with zero attached hydrogens (tertiary/aromatic N) is 2. The van der Waals surface area contributed by atoms with Crippen molar-refractivity contribution in [1.29, 1.82) is 0 Å². The Morgan fingerprint density at radius 2 is 1.92 bits per heavy atom. The van der Waals surface area contributed by atoms with Crippen LogP contribution in [-0.2, 0) is 23.6 Å². The van der Waals surface area contributed by atoms with E-state index in [0.29, 0.717) is 18.8 Å². The first kappa shape index (κ1) is 19.0. The predicted octanol–water partition coefficient (Wildman–Crippen LogP) is 1.60. The highest BCUT2D eigenvalue weighted by Gasteiger charge is 2.21. The normalized spacial score (nSPS) is 11.4. The van der Waals surface area contributed by atoms with Crippen LogP contribution in [0.5, 0.6) is 5.75 Å². The van der Waals surface area contributed by atoms with E-state index in [1.165, 1.54) is 23.9 Å². The molecule has 1 heterocycles. The number of aromatic nitrogens is 1. The van der Waals surface area contributed by atoms with Crippen molar-refractivity contribution < 1.29 is 17.9 Å². The van der Waals surface area contributed by atoms with Crippen LogP contribution in [0.25, 0.3) is 0 Å². The van der Waals surface area contributed by atoms with Crippen molar-refractivity contribution in [2.24, 2.45) is 7.05 Å². The Balaban J connectivity index is 2.14. The fourth-order valence-corrected chi connectivity index (χ4v) is 3.21. The minimum absolute atomic E-state index is 0.0651. The third-order valence-electron chi connectivity index (χ3n) is 3.78. The molecule has 0 bridgehead atoms. The summed E-state index contributed by atoms with van der Waals surface area (Å²) in [6.45, 7) is 2.93. The maximum atomic E-state index is 12.6. The van der Waals surface area contributed by atoms with E-state index in [2.05, 4.69) is 4.72 Å². The topological polar surface area (TPSA) is 80.6 Å². The van der Waals surface area contributed by atoms with Gasteiger partial charge in [-0.3, -0.25) is 4.79 Å². The quantitative estimate of drug-likeness (QED) is 0.808. The Morgan fingerprint density at radius 1 is 1.28 bits per heavy atom. The van der Waals surface area contributed by atoms with Gasteiger partial charge in [-0.2, -0.15) is 0 Å². The summed E-state index contributed by atoms with van der Waals surface area (Å²) in [5.74, 6) is 0.526. The highest BCUT2D eigenvalue weighted by Crippen LogP contribution is 2.17. The van der Waals surface area contributed by atoms with E-state index in [4.69, 9.17) is 4.74 Å². The summed E-state index contributed by atoms with van der Waals surface area (Å²) in [6.07, 6.45) is 1.42. The van der Waals surface area contributed by atoms with Crippen molar-refractivity contribution in [3.63, 3.8) is 0 Å². The van der Waals surface area contributed by atoms with Crippen LogP contribution in [0.1, 0.15) is 23.0 Å². The van der Waals surface area contributed by atoms with Gasteiger partial charge in [-0.25, -0.2) is 13.1 Å². The standard InChI is InChI=1S/C17H23N3O4S/c1-5-24-14-8-6-13(7-9-14)11-20(4)17(21)16-10-15(12-19(16)3)25(22,23)18-2/h6-10,12,18H,5,11H2,1-4H3.